The summed E-state index contributed by atoms with van der Waals surface area (Å²) < 4.78 is 5.33. The molecule has 7 heteroatoms. The fourth-order valence-corrected chi connectivity index (χ4v) is 6.30. The molecule has 3 atom stereocenters. The Morgan fingerprint density at radius 3 is 2.37 bits per heavy atom. The Hall–Kier alpha value is -2.74. The third-order valence-corrected chi connectivity index (χ3v) is 8.79. The van der Waals surface area contributed by atoms with Gasteiger partial charge >= 0.3 is 6.09 Å². The van der Waals surface area contributed by atoms with Crippen molar-refractivity contribution in [3.8, 4) is 5.75 Å². The van der Waals surface area contributed by atoms with Crippen LogP contribution >= 0.6 is 0 Å². The van der Waals surface area contributed by atoms with Gasteiger partial charge in [-0.05, 0) is 74.4 Å². The Balaban J connectivity index is 1.30. The topological polar surface area (TPSA) is 105 Å². The van der Waals surface area contributed by atoms with Crippen LogP contribution in [0.3, 0.4) is 0 Å². The summed E-state index contributed by atoms with van der Waals surface area (Å²) in [4.78, 5) is 27.2. The van der Waals surface area contributed by atoms with E-state index < -0.39 is 12.2 Å². The maximum absolute atomic E-state index is 12.5. The van der Waals surface area contributed by atoms with Crippen molar-refractivity contribution in [3.63, 3.8) is 0 Å². The molecule has 1 aliphatic carbocycles. The lowest BCUT2D eigenvalue weighted by Gasteiger charge is -2.44. The van der Waals surface area contributed by atoms with E-state index in [2.05, 4.69) is 48.3 Å². The van der Waals surface area contributed by atoms with E-state index in [0.29, 0.717) is 12.3 Å². The number of benzene rings is 2. The molecule has 2 aromatic carbocycles. The maximum Gasteiger partial charge on any atom is 0.419 e. The molecule has 4 rings (SSSR count). The number of hydrogen-bond acceptors (Lipinski definition) is 6. The number of aliphatic hydroxyl groups is 1. The molecule has 1 aliphatic heterocycles. The van der Waals surface area contributed by atoms with Crippen molar-refractivity contribution in [1.82, 2.24) is 10.2 Å². The lowest BCUT2D eigenvalue weighted by molar-refractivity contribution is -0.123. The van der Waals surface area contributed by atoms with E-state index in [-0.39, 0.29) is 29.2 Å². The zero-order chi connectivity index (χ0) is 27.2. The average molecular weight is 522 g/mol. The van der Waals surface area contributed by atoms with Gasteiger partial charge in [0.15, 0.2) is 0 Å². The summed E-state index contributed by atoms with van der Waals surface area (Å²) in [6.45, 7) is 6.64. The third-order valence-electron chi connectivity index (χ3n) is 8.79. The molecule has 3 unspecified atom stereocenters. The van der Waals surface area contributed by atoms with Gasteiger partial charge in [0.25, 0.3) is 0 Å². The monoisotopic (exact) mass is 521 g/mol. The molecule has 1 saturated carbocycles. The summed E-state index contributed by atoms with van der Waals surface area (Å²) in [5, 5.41) is 13.5. The number of piperidine rings is 1. The number of imide groups is 1. The first-order valence-corrected chi connectivity index (χ1v) is 14.0. The highest BCUT2D eigenvalue weighted by Gasteiger charge is 2.36. The summed E-state index contributed by atoms with van der Waals surface area (Å²) in [5.41, 5.74) is 7.90. The minimum Gasteiger partial charge on any atom is -0.410 e. The van der Waals surface area contributed by atoms with Gasteiger partial charge in [0, 0.05) is 24.4 Å². The van der Waals surface area contributed by atoms with E-state index in [1.807, 2.05) is 6.07 Å². The fraction of sp³-hybridized carbons (Fsp3) is 0.548. The molecule has 7 nitrogen and oxygen atoms in total. The molecule has 2 aliphatic rings. The first kappa shape index (κ1) is 28.3. The van der Waals surface area contributed by atoms with Gasteiger partial charge in [-0.3, -0.25) is 15.0 Å². The van der Waals surface area contributed by atoms with Gasteiger partial charge in [-0.1, -0.05) is 68.7 Å². The second-order valence-corrected chi connectivity index (χ2v) is 11.6. The van der Waals surface area contributed by atoms with Crippen molar-refractivity contribution < 1.29 is 19.4 Å². The molecule has 1 heterocycles. The molecular formula is C31H43N3O4. The second kappa shape index (κ2) is 12.4. The Bertz CT molecular complexity index is 1070. The van der Waals surface area contributed by atoms with Crippen LogP contribution in [-0.4, -0.2) is 47.7 Å². The van der Waals surface area contributed by atoms with Crippen molar-refractivity contribution in [3.05, 3.63) is 65.7 Å². The van der Waals surface area contributed by atoms with Gasteiger partial charge in [0.1, 0.15) is 5.75 Å². The standard InChI is InChI=1S/C31H43N3O4/c1-23(34-19-9-16-30(2,22-34)25-10-5-3-6-11-25)28(36)24-12-14-26(15-13-24)38-29(37)33-27(35)20-31(21-32)17-7-4-8-18-31/h3,5-6,10-15,23,28,36H,4,7-9,16-22,32H2,1-2H3,(H,33,35,37). The van der Waals surface area contributed by atoms with Crippen molar-refractivity contribution in [2.24, 2.45) is 11.1 Å². The van der Waals surface area contributed by atoms with Crippen LogP contribution in [0.5, 0.6) is 5.75 Å². The number of carbonyl (C=O) groups excluding carboxylic acids is 2. The smallest absolute Gasteiger partial charge is 0.410 e. The molecule has 2 aromatic rings. The molecule has 2 fully saturated rings. The average Bonchev–Trinajstić information content (AvgIpc) is 2.93. The predicted octanol–water partition coefficient (Wildman–Crippen LogP) is 5.08. The van der Waals surface area contributed by atoms with Gasteiger partial charge in [-0.2, -0.15) is 0 Å². The van der Waals surface area contributed by atoms with Gasteiger partial charge in [0.05, 0.1) is 6.10 Å². The van der Waals surface area contributed by atoms with Crippen LogP contribution in [0.4, 0.5) is 4.79 Å². The molecular weight excluding hydrogens is 478 g/mol. The zero-order valence-electron chi connectivity index (χ0n) is 22.8. The van der Waals surface area contributed by atoms with Crippen LogP contribution in [-0.2, 0) is 10.2 Å². The molecule has 0 aromatic heterocycles. The lowest BCUT2D eigenvalue weighted by Crippen LogP contribution is -2.49. The van der Waals surface area contributed by atoms with Gasteiger partial charge in [-0.15, -0.1) is 0 Å². The lowest BCUT2D eigenvalue weighted by atomic mass is 9.72. The minimum absolute atomic E-state index is 0.0523. The fourth-order valence-electron chi connectivity index (χ4n) is 6.30. The Morgan fingerprint density at radius 2 is 1.71 bits per heavy atom. The third kappa shape index (κ3) is 6.82. The Labute approximate surface area is 226 Å². The molecule has 0 spiro atoms. The number of nitrogens with one attached hydrogen (secondary N) is 1. The quantitative estimate of drug-likeness (QED) is 0.448. The van der Waals surface area contributed by atoms with E-state index in [4.69, 9.17) is 10.5 Å². The molecule has 0 bridgehead atoms. The van der Waals surface area contributed by atoms with E-state index in [9.17, 15) is 14.7 Å². The highest BCUT2D eigenvalue weighted by Crippen LogP contribution is 2.38. The summed E-state index contributed by atoms with van der Waals surface area (Å²) >= 11 is 0. The number of likely N-dealkylation sites (tertiary alicyclic amines) is 1. The van der Waals surface area contributed by atoms with Crippen LogP contribution in [0.2, 0.25) is 0 Å². The number of nitrogens with zero attached hydrogens (tertiary/aromatic N) is 1. The molecule has 38 heavy (non-hydrogen) atoms. The first-order chi connectivity index (χ1) is 18.2. The van der Waals surface area contributed by atoms with Crippen LogP contribution < -0.4 is 15.8 Å². The number of nitrogens with two attached hydrogens (primary N) is 1. The summed E-state index contributed by atoms with van der Waals surface area (Å²) in [6.07, 6.45) is 6.09. The van der Waals surface area contributed by atoms with Gasteiger partial charge in [-0.25, -0.2) is 4.79 Å². The van der Waals surface area contributed by atoms with Crippen molar-refractivity contribution >= 4 is 12.0 Å². The van der Waals surface area contributed by atoms with Crippen LogP contribution in [0, 0.1) is 5.41 Å². The summed E-state index contributed by atoms with van der Waals surface area (Å²) in [6, 6.07) is 17.4. The highest BCUT2D eigenvalue weighted by molar-refractivity contribution is 5.92. The Kier molecular flexibility index (Phi) is 9.23. The van der Waals surface area contributed by atoms with Crippen LogP contribution in [0.15, 0.2) is 54.6 Å². The van der Waals surface area contributed by atoms with E-state index in [1.54, 1.807) is 24.3 Å². The number of aliphatic hydroxyl groups excluding tert-OH is 1. The van der Waals surface area contributed by atoms with Crippen molar-refractivity contribution in [2.45, 2.75) is 82.8 Å². The van der Waals surface area contributed by atoms with Crippen molar-refractivity contribution in [1.29, 1.82) is 0 Å². The predicted molar refractivity (Wildman–Crippen MR) is 149 cm³/mol. The molecule has 1 saturated heterocycles. The number of hydrogen-bond donors (Lipinski definition) is 3. The molecule has 206 valence electrons. The van der Waals surface area contributed by atoms with E-state index in [1.165, 1.54) is 12.0 Å². The van der Waals surface area contributed by atoms with Gasteiger partial charge in [0.2, 0.25) is 5.91 Å². The first-order valence-electron chi connectivity index (χ1n) is 14.0. The molecule has 0 radical (unpaired) electrons. The SMILES string of the molecule is CC(C(O)c1ccc(OC(=O)NC(=O)CC2(CN)CCCCC2)cc1)N1CCCC(C)(c2ccccc2)C1. The normalized spacial score (nSPS) is 23.3. The minimum atomic E-state index is -0.798. The Morgan fingerprint density at radius 1 is 1.03 bits per heavy atom. The van der Waals surface area contributed by atoms with E-state index in [0.717, 1.165) is 57.2 Å². The molecule has 2 amide bonds. The second-order valence-electron chi connectivity index (χ2n) is 11.6. The highest BCUT2D eigenvalue weighted by atomic mass is 16.6. The zero-order valence-corrected chi connectivity index (χ0v) is 22.8. The number of amides is 2. The maximum atomic E-state index is 12.5. The molecule has 4 N–H and O–H groups in total. The van der Waals surface area contributed by atoms with Crippen molar-refractivity contribution in [2.75, 3.05) is 19.6 Å². The van der Waals surface area contributed by atoms with Crippen LogP contribution in [0.25, 0.3) is 0 Å². The summed E-state index contributed by atoms with van der Waals surface area (Å²) in [7, 11) is 0. The number of ether oxygens (including phenoxy) is 1. The van der Waals surface area contributed by atoms with E-state index >= 15 is 0 Å². The largest absolute Gasteiger partial charge is 0.419 e. The number of rotatable bonds is 8. The van der Waals surface area contributed by atoms with Crippen LogP contribution in [0.1, 0.15) is 82.4 Å². The summed E-state index contributed by atoms with van der Waals surface area (Å²) in [5.74, 6) is -0.0352. The van der Waals surface area contributed by atoms with Gasteiger partial charge < -0.3 is 15.6 Å². The number of carbonyl (C=O) groups is 2.